The maximum Gasteiger partial charge on any atom is 0.248 e. The van der Waals surface area contributed by atoms with Gasteiger partial charge >= 0.3 is 0 Å². The average Bonchev–Trinajstić information content (AvgIpc) is 2.27. The molecule has 88 valence electrons. The first-order chi connectivity index (χ1) is 7.24. The van der Waals surface area contributed by atoms with Gasteiger partial charge in [0, 0.05) is 13.2 Å². The summed E-state index contributed by atoms with van der Waals surface area (Å²) in [5, 5.41) is 6.25. The highest BCUT2D eigenvalue weighted by molar-refractivity contribution is 5.80. The van der Waals surface area contributed by atoms with Gasteiger partial charge in [-0.05, 0) is 45.7 Å². The van der Waals surface area contributed by atoms with Crippen LogP contribution in [0, 0.1) is 5.92 Å². The van der Waals surface area contributed by atoms with E-state index in [0.29, 0.717) is 12.5 Å². The van der Waals surface area contributed by atoms with Crippen molar-refractivity contribution in [3.05, 3.63) is 0 Å². The van der Waals surface area contributed by atoms with Crippen LogP contribution < -0.4 is 10.6 Å². The highest BCUT2D eigenvalue weighted by Gasteiger charge is 2.16. The van der Waals surface area contributed by atoms with E-state index in [4.69, 9.17) is 4.74 Å². The number of hydrogen-bond acceptors (Lipinski definition) is 3. The van der Waals surface area contributed by atoms with Crippen molar-refractivity contribution < 1.29 is 9.53 Å². The van der Waals surface area contributed by atoms with Gasteiger partial charge in [0.1, 0.15) is 6.10 Å². The molecule has 0 saturated carbocycles. The fraction of sp³-hybridized carbons (Fsp3) is 0.909. The summed E-state index contributed by atoms with van der Waals surface area (Å²) in [5.74, 6) is 0.638. The quantitative estimate of drug-likeness (QED) is 0.702. The standard InChI is InChI=1S/C11H22N2O2/c1-3-15-9(2)11(14)13-8-10-4-6-12-7-5-10/h9-10,12H,3-8H2,1-2H3,(H,13,14). The lowest BCUT2D eigenvalue weighted by molar-refractivity contribution is -0.131. The molecule has 4 heteroatoms. The van der Waals surface area contributed by atoms with Gasteiger partial charge in [0.2, 0.25) is 5.91 Å². The number of rotatable bonds is 5. The molecule has 1 rings (SSSR count). The first-order valence-electron chi connectivity index (χ1n) is 5.84. The summed E-state index contributed by atoms with van der Waals surface area (Å²) in [4.78, 5) is 11.5. The third-order valence-corrected chi connectivity index (χ3v) is 2.81. The van der Waals surface area contributed by atoms with Crippen molar-refractivity contribution in [3.8, 4) is 0 Å². The Labute approximate surface area is 91.8 Å². The first kappa shape index (κ1) is 12.5. The van der Waals surface area contributed by atoms with Crippen LogP contribution in [0.25, 0.3) is 0 Å². The van der Waals surface area contributed by atoms with E-state index in [-0.39, 0.29) is 12.0 Å². The van der Waals surface area contributed by atoms with Crippen molar-refractivity contribution in [1.29, 1.82) is 0 Å². The molecule has 1 aliphatic rings. The molecule has 0 radical (unpaired) electrons. The molecule has 1 aliphatic heterocycles. The van der Waals surface area contributed by atoms with Crippen LogP contribution in [0.2, 0.25) is 0 Å². The normalized spacial score (nSPS) is 19.9. The minimum absolute atomic E-state index is 0.00961. The zero-order valence-corrected chi connectivity index (χ0v) is 9.71. The Morgan fingerprint density at radius 2 is 2.20 bits per heavy atom. The lowest BCUT2D eigenvalue weighted by Gasteiger charge is -2.23. The third kappa shape index (κ3) is 4.62. The fourth-order valence-electron chi connectivity index (χ4n) is 1.80. The molecule has 15 heavy (non-hydrogen) atoms. The second kappa shape index (κ2) is 6.80. The lowest BCUT2D eigenvalue weighted by atomic mass is 9.98. The van der Waals surface area contributed by atoms with Gasteiger partial charge in [-0.15, -0.1) is 0 Å². The van der Waals surface area contributed by atoms with Crippen LogP contribution in [0.15, 0.2) is 0 Å². The van der Waals surface area contributed by atoms with E-state index in [1.807, 2.05) is 6.92 Å². The van der Waals surface area contributed by atoms with E-state index < -0.39 is 0 Å². The zero-order valence-electron chi connectivity index (χ0n) is 9.71. The second-order valence-corrected chi connectivity index (χ2v) is 4.04. The van der Waals surface area contributed by atoms with Crippen LogP contribution in [0.1, 0.15) is 26.7 Å². The van der Waals surface area contributed by atoms with Crippen LogP contribution in [-0.2, 0) is 9.53 Å². The van der Waals surface area contributed by atoms with Crippen molar-refractivity contribution in [2.24, 2.45) is 5.92 Å². The van der Waals surface area contributed by atoms with E-state index in [1.54, 1.807) is 6.92 Å². The van der Waals surface area contributed by atoms with Crippen molar-refractivity contribution in [2.45, 2.75) is 32.8 Å². The number of nitrogens with one attached hydrogen (secondary N) is 2. The topological polar surface area (TPSA) is 50.4 Å². The van der Waals surface area contributed by atoms with Crippen molar-refractivity contribution in [3.63, 3.8) is 0 Å². The Balaban J connectivity index is 2.14. The molecular formula is C11H22N2O2. The van der Waals surface area contributed by atoms with Gasteiger partial charge in [-0.1, -0.05) is 0 Å². The molecule has 1 unspecified atom stereocenters. The highest BCUT2D eigenvalue weighted by Crippen LogP contribution is 2.09. The molecule has 1 fully saturated rings. The summed E-state index contributed by atoms with van der Waals surface area (Å²) in [5.41, 5.74) is 0. The van der Waals surface area contributed by atoms with Gasteiger partial charge in [0.15, 0.2) is 0 Å². The minimum atomic E-state index is -0.322. The molecular weight excluding hydrogens is 192 g/mol. The Morgan fingerprint density at radius 1 is 1.53 bits per heavy atom. The predicted octanol–water partition coefficient (Wildman–Crippen LogP) is 0.527. The molecule has 0 aromatic heterocycles. The average molecular weight is 214 g/mol. The number of carbonyl (C=O) groups excluding carboxylic acids is 1. The molecule has 0 spiro atoms. The number of piperidine rings is 1. The number of amides is 1. The summed E-state index contributed by atoms with van der Waals surface area (Å²) < 4.78 is 5.22. The summed E-state index contributed by atoms with van der Waals surface area (Å²) >= 11 is 0. The molecule has 0 aromatic rings. The highest BCUT2D eigenvalue weighted by atomic mass is 16.5. The molecule has 0 aromatic carbocycles. The van der Waals surface area contributed by atoms with Gasteiger partial charge < -0.3 is 15.4 Å². The van der Waals surface area contributed by atoms with Gasteiger partial charge in [-0.25, -0.2) is 0 Å². The smallest absolute Gasteiger partial charge is 0.248 e. The van der Waals surface area contributed by atoms with Crippen LogP contribution >= 0.6 is 0 Å². The lowest BCUT2D eigenvalue weighted by Crippen LogP contribution is -2.40. The first-order valence-corrected chi connectivity index (χ1v) is 5.84. The summed E-state index contributed by atoms with van der Waals surface area (Å²) in [6, 6.07) is 0. The second-order valence-electron chi connectivity index (χ2n) is 4.04. The maximum absolute atomic E-state index is 11.5. The van der Waals surface area contributed by atoms with Gasteiger partial charge in [-0.3, -0.25) is 4.79 Å². The number of carbonyl (C=O) groups is 1. The van der Waals surface area contributed by atoms with E-state index in [9.17, 15) is 4.79 Å². The molecule has 0 aliphatic carbocycles. The Morgan fingerprint density at radius 3 is 2.80 bits per heavy atom. The maximum atomic E-state index is 11.5. The monoisotopic (exact) mass is 214 g/mol. The van der Waals surface area contributed by atoms with E-state index in [2.05, 4.69) is 10.6 Å². The van der Waals surface area contributed by atoms with Crippen molar-refractivity contribution in [1.82, 2.24) is 10.6 Å². The van der Waals surface area contributed by atoms with Crippen LogP contribution in [0.4, 0.5) is 0 Å². The van der Waals surface area contributed by atoms with Crippen LogP contribution in [0.5, 0.6) is 0 Å². The van der Waals surface area contributed by atoms with Crippen molar-refractivity contribution in [2.75, 3.05) is 26.2 Å². The van der Waals surface area contributed by atoms with Crippen molar-refractivity contribution >= 4 is 5.91 Å². The zero-order chi connectivity index (χ0) is 11.1. The molecule has 2 N–H and O–H groups in total. The Hall–Kier alpha value is -0.610. The Bertz CT molecular complexity index is 191. The van der Waals surface area contributed by atoms with E-state index in [0.717, 1.165) is 32.5 Å². The Kier molecular flexibility index (Phi) is 5.65. The van der Waals surface area contributed by atoms with Crippen LogP contribution in [0.3, 0.4) is 0 Å². The summed E-state index contributed by atoms with van der Waals surface area (Å²) in [6.07, 6.45) is 1.99. The van der Waals surface area contributed by atoms with Gasteiger partial charge in [0.05, 0.1) is 0 Å². The summed E-state index contributed by atoms with van der Waals surface area (Å²) in [7, 11) is 0. The molecule has 1 amide bonds. The van der Waals surface area contributed by atoms with E-state index >= 15 is 0 Å². The molecule has 1 atom stereocenters. The third-order valence-electron chi connectivity index (χ3n) is 2.81. The summed E-state index contributed by atoms with van der Waals surface area (Å²) in [6.45, 7) is 7.21. The predicted molar refractivity (Wildman–Crippen MR) is 59.7 cm³/mol. The number of hydrogen-bond donors (Lipinski definition) is 2. The molecule has 1 saturated heterocycles. The molecule has 0 bridgehead atoms. The van der Waals surface area contributed by atoms with Gasteiger partial charge in [0.25, 0.3) is 0 Å². The molecule has 4 nitrogen and oxygen atoms in total. The largest absolute Gasteiger partial charge is 0.369 e. The van der Waals surface area contributed by atoms with Crippen LogP contribution in [-0.4, -0.2) is 38.3 Å². The SMILES string of the molecule is CCOC(C)C(=O)NCC1CCNCC1. The van der Waals surface area contributed by atoms with E-state index in [1.165, 1.54) is 0 Å². The molecule has 1 heterocycles. The number of ether oxygens (including phenoxy) is 1. The van der Waals surface area contributed by atoms with Gasteiger partial charge in [-0.2, -0.15) is 0 Å². The minimum Gasteiger partial charge on any atom is -0.369 e. The fourth-order valence-corrected chi connectivity index (χ4v) is 1.80.